The van der Waals surface area contributed by atoms with Gasteiger partial charge in [-0.2, -0.15) is 11.8 Å². The van der Waals surface area contributed by atoms with Crippen LogP contribution in [0.1, 0.15) is 12.8 Å². The van der Waals surface area contributed by atoms with Gasteiger partial charge in [-0.3, -0.25) is 4.99 Å². The van der Waals surface area contributed by atoms with Crippen LogP contribution < -0.4 is 10.6 Å². The van der Waals surface area contributed by atoms with E-state index in [4.69, 9.17) is 4.74 Å². The number of hydrogen-bond donors (Lipinski definition) is 2. The quantitative estimate of drug-likeness (QED) is 0.231. The lowest BCUT2D eigenvalue weighted by atomic mass is 10.3. The van der Waals surface area contributed by atoms with Gasteiger partial charge in [-0.25, -0.2) is 0 Å². The fourth-order valence-corrected chi connectivity index (χ4v) is 2.02. The Morgan fingerprint density at radius 1 is 1.20 bits per heavy atom. The number of guanidine groups is 1. The molecule has 7 heteroatoms. The summed E-state index contributed by atoms with van der Waals surface area (Å²) >= 11 is 1.90. The summed E-state index contributed by atoms with van der Waals surface area (Å²) in [4.78, 5) is 6.45. The number of thioether (sulfide) groups is 1. The number of aliphatic imine (C=N–C) groups is 1. The van der Waals surface area contributed by atoms with E-state index in [1.165, 1.54) is 18.6 Å². The van der Waals surface area contributed by atoms with Gasteiger partial charge in [0.15, 0.2) is 5.96 Å². The normalized spacial score (nSPS) is 11.3. The van der Waals surface area contributed by atoms with Gasteiger partial charge in [0.2, 0.25) is 0 Å². The lowest BCUT2D eigenvalue weighted by Crippen LogP contribution is -2.41. The Labute approximate surface area is 145 Å². The van der Waals surface area contributed by atoms with Crippen molar-refractivity contribution < 1.29 is 4.74 Å². The summed E-state index contributed by atoms with van der Waals surface area (Å²) in [5.41, 5.74) is 0. The molecule has 0 aliphatic heterocycles. The summed E-state index contributed by atoms with van der Waals surface area (Å²) in [5.74, 6) is 2.13. The molecule has 0 fully saturated rings. The standard InChI is InChI=1S/C13H30N4OS.HI/c1-14-13(15-7-5-6-12-19-4)16-8-9-17(2)10-11-18-3;/h5-12H2,1-4H3,(H2,14,15,16);1H. The van der Waals surface area contributed by atoms with Crippen molar-refractivity contribution in [1.29, 1.82) is 0 Å². The van der Waals surface area contributed by atoms with Crippen molar-refractivity contribution in [2.24, 2.45) is 4.99 Å². The molecule has 0 heterocycles. The second-order valence-corrected chi connectivity index (χ2v) is 5.41. The van der Waals surface area contributed by atoms with Crippen LogP contribution in [0.5, 0.6) is 0 Å². The van der Waals surface area contributed by atoms with Crippen LogP contribution in [-0.2, 0) is 4.74 Å². The maximum Gasteiger partial charge on any atom is 0.191 e. The van der Waals surface area contributed by atoms with Crippen molar-refractivity contribution in [3.05, 3.63) is 0 Å². The number of likely N-dealkylation sites (N-methyl/N-ethyl adjacent to an activating group) is 1. The van der Waals surface area contributed by atoms with E-state index in [1.807, 2.05) is 18.8 Å². The van der Waals surface area contributed by atoms with Crippen LogP contribution >= 0.6 is 35.7 Å². The van der Waals surface area contributed by atoms with Gasteiger partial charge in [0, 0.05) is 40.3 Å². The Kier molecular flexibility index (Phi) is 19.5. The minimum atomic E-state index is 0. The molecule has 0 aromatic carbocycles. The lowest BCUT2D eigenvalue weighted by molar-refractivity contribution is 0.162. The van der Waals surface area contributed by atoms with Gasteiger partial charge in [-0.05, 0) is 31.9 Å². The molecule has 2 N–H and O–H groups in total. The van der Waals surface area contributed by atoms with Gasteiger partial charge in [0.25, 0.3) is 0 Å². The van der Waals surface area contributed by atoms with E-state index in [9.17, 15) is 0 Å². The maximum absolute atomic E-state index is 5.05. The molecule has 0 aliphatic carbocycles. The zero-order valence-corrected chi connectivity index (χ0v) is 16.4. The van der Waals surface area contributed by atoms with E-state index in [1.54, 1.807) is 7.11 Å². The third-order valence-electron chi connectivity index (χ3n) is 2.75. The Morgan fingerprint density at radius 3 is 2.50 bits per heavy atom. The summed E-state index contributed by atoms with van der Waals surface area (Å²) in [7, 11) is 5.64. The topological polar surface area (TPSA) is 48.9 Å². The molecule has 0 spiro atoms. The second-order valence-electron chi connectivity index (χ2n) is 4.42. The largest absolute Gasteiger partial charge is 0.383 e. The predicted molar refractivity (Wildman–Crippen MR) is 102 cm³/mol. The van der Waals surface area contributed by atoms with Gasteiger partial charge in [0.05, 0.1) is 6.61 Å². The first kappa shape index (κ1) is 22.5. The number of rotatable bonds is 11. The number of unbranched alkanes of at least 4 members (excludes halogenated alkanes) is 1. The van der Waals surface area contributed by atoms with Crippen molar-refractivity contribution in [1.82, 2.24) is 15.5 Å². The zero-order chi connectivity index (χ0) is 14.3. The van der Waals surface area contributed by atoms with Crippen LogP contribution in [0.2, 0.25) is 0 Å². The highest BCUT2D eigenvalue weighted by Gasteiger charge is 1.99. The van der Waals surface area contributed by atoms with Crippen LogP contribution in [0.15, 0.2) is 4.99 Å². The van der Waals surface area contributed by atoms with Gasteiger partial charge in [0.1, 0.15) is 0 Å². The third kappa shape index (κ3) is 14.7. The monoisotopic (exact) mass is 418 g/mol. The van der Waals surface area contributed by atoms with Gasteiger partial charge in [-0.1, -0.05) is 0 Å². The second kappa shape index (κ2) is 17.3. The molecule has 0 unspecified atom stereocenters. The molecule has 0 aromatic heterocycles. The Bertz CT molecular complexity index is 232. The molecule has 0 radical (unpaired) electrons. The van der Waals surface area contributed by atoms with Crippen molar-refractivity contribution in [3.8, 4) is 0 Å². The first-order chi connectivity index (χ1) is 9.24. The highest BCUT2D eigenvalue weighted by Crippen LogP contribution is 1.97. The van der Waals surface area contributed by atoms with Crippen LogP contribution in [0, 0.1) is 0 Å². The van der Waals surface area contributed by atoms with Crippen molar-refractivity contribution >= 4 is 41.7 Å². The molecular weight excluding hydrogens is 387 g/mol. The van der Waals surface area contributed by atoms with Crippen LogP contribution in [-0.4, -0.2) is 76.9 Å². The number of nitrogens with one attached hydrogen (secondary N) is 2. The Morgan fingerprint density at radius 2 is 1.90 bits per heavy atom. The molecule has 0 saturated heterocycles. The van der Waals surface area contributed by atoms with Gasteiger partial charge < -0.3 is 20.3 Å². The van der Waals surface area contributed by atoms with Crippen LogP contribution in [0.3, 0.4) is 0 Å². The van der Waals surface area contributed by atoms with Crippen molar-refractivity contribution in [2.45, 2.75) is 12.8 Å². The predicted octanol–water partition coefficient (Wildman–Crippen LogP) is 1.49. The van der Waals surface area contributed by atoms with E-state index in [0.29, 0.717) is 0 Å². The summed E-state index contributed by atoms with van der Waals surface area (Å²) in [5, 5.41) is 6.65. The number of methoxy groups -OCH3 is 1. The zero-order valence-electron chi connectivity index (χ0n) is 13.3. The van der Waals surface area contributed by atoms with E-state index in [0.717, 1.165) is 38.7 Å². The number of halogens is 1. The molecule has 122 valence electrons. The van der Waals surface area contributed by atoms with E-state index < -0.39 is 0 Å². The molecule has 20 heavy (non-hydrogen) atoms. The van der Waals surface area contributed by atoms with Gasteiger partial charge >= 0.3 is 0 Å². The third-order valence-corrected chi connectivity index (χ3v) is 3.45. The molecule has 0 saturated carbocycles. The highest BCUT2D eigenvalue weighted by molar-refractivity contribution is 14.0. The Balaban J connectivity index is 0. The average Bonchev–Trinajstić information content (AvgIpc) is 2.42. The maximum atomic E-state index is 5.05. The first-order valence-corrected chi connectivity index (χ1v) is 8.25. The smallest absolute Gasteiger partial charge is 0.191 e. The number of nitrogens with zero attached hydrogens (tertiary/aromatic N) is 2. The molecule has 0 aromatic rings. The SMILES string of the molecule is CN=C(NCCCCSC)NCCN(C)CCOC.I. The van der Waals surface area contributed by atoms with E-state index >= 15 is 0 Å². The summed E-state index contributed by atoms with van der Waals surface area (Å²) in [6.07, 6.45) is 4.59. The molecule has 0 bridgehead atoms. The fraction of sp³-hybridized carbons (Fsp3) is 0.923. The summed E-state index contributed by atoms with van der Waals surface area (Å²) in [6, 6.07) is 0. The summed E-state index contributed by atoms with van der Waals surface area (Å²) < 4.78 is 5.05. The lowest BCUT2D eigenvalue weighted by Gasteiger charge is -2.17. The Hall–Kier alpha value is 0.270. The average molecular weight is 418 g/mol. The fourth-order valence-electron chi connectivity index (χ4n) is 1.52. The molecule has 0 amide bonds. The van der Waals surface area contributed by atoms with E-state index in [-0.39, 0.29) is 24.0 Å². The molecule has 5 nitrogen and oxygen atoms in total. The minimum absolute atomic E-state index is 0. The van der Waals surface area contributed by atoms with Crippen LogP contribution in [0.4, 0.5) is 0 Å². The summed E-state index contributed by atoms with van der Waals surface area (Å²) in [6.45, 7) is 4.60. The highest BCUT2D eigenvalue weighted by atomic mass is 127. The van der Waals surface area contributed by atoms with E-state index in [2.05, 4.69) is 33.8 Å². The minimum Gasteiger partial charge on any atom is -0.383 e. The molecular formula is C13H31IN4OS. The molecule has 0 atom stereocenters. The van der Waals surface area contributed by atoms with Crippen LogP contribution in [0.25, 0.3) is 0 Å². The van der Waals surface area contributed by atoms with Crippen molar-refractivity contribution in [2.75, 3.05) is 66.0 Å². The molecule has 0 aliphatic rings. The first-order valence-electron chi connectivity index (χ1n) is 6.85. The number of ether oxygens (including phenoxy) is 1. The van der Waals surface area contributed by atoms with Gasteiger partial charge in [-0.15, -0.1) is 24.0 Å². The van der Waals surface area contributed by atoms with Crippen molar-refractivity contribution in [3.63, 3.8) is 0 Å². The molecule has 0 rings (SSSR count). The number of hydrogen-bond acceptors (Lipinski definition) is 4.